The van der Waals surface area contributed by atoms with Gasteiger partial charge in [-0.05, 0) is 37.8 Å². The fourth-order valence-corrected chi connectivity index (χ4v) is 6.73. The van der Waals surface area contributed by atoms with Crippen molar-refractivity contribution in [3.05, 3.63) is 47.4 Å². The third-order valence-corrected chi connectivity index (χ3v) is 8.38. The average Bonchev–Trinajstić information content (AvgIpc) is 3.27. The number of rotatable bonds is 4. The smallest absolute Gasteiger partial charge is 0.257 e. The van der Waals surface area contributed by atoms with Gasteiger partial charge in [-0.15, -0.1) is 0 Å². The minimum atomic E-state index is -0.524. The normalized spacial score (nSPS) is 25.0. The summed E-state index contributed by atoms with van der Waals surface area (Å²) in [6.45, 7) is 3.04. The van der Waals surface area contributed by atoms with Gasteiger partial charge in [0.2, 0.25) is 11.8 Å². The standard InChI is InChI=1S/C25H30FN5O2S/c1-16-20(26)22(33-2)29-23(27-16)31-13-19-14-34-24(28-21(32)17-9-5-3-6-10-17)30-25(19,15-31)18-11-7-4-8-12-18/h3,5-6,9-10,18-19H,4,7-8,11-15H2,1-2H3,(H,28,30,32)/t19-,25+/m0/s1. The predicted octanol–water partition coefficient (Wildman–Crippen LogP) is 4.22. The summed E-state index contributed by atoms with van der Waals surface area (Å²) in [4.78, 5) is 29.0. The molecule has 2 fully saturated rings. The molecule has 1 amide bonds. The van der Waals surface area contributed by atoms with Crippen LogP contribution in [0.25, 0.3) is 0 Å². The van der Waals surface area contributed by atoms with Crippen molar-refractivity contribution in [2.45, 2.75) is 44.6 Å². The highest BCUT2D eigenvalue weighted by Crippen LogP contribution is 2.48. The summed E-state index contributed by atoms with van der Waals surface area (Å²) in [7, 11) is 1.42. The molecular formula is C25H30FN5O2S. The van der Waals surface area contributed by atoms with E-state index in [4.69, 9.17) is 9.73 Å². The van der Waals surface area contributed by atoms with Crippen LogP contribution in [0.1, 0.15) is 48.2 Å². The molecule has 0 spiro atoms. The highest BCUT2D eigenvalue weighted by atomic mass is 32.2. The molecule has 0 bridgehead atoms. The van der Waals surface area contributed by atoms with Crippen LogP contribution in [0.5, 0.6) is 5.88 Å². The second-order valence-corrected chi connectivity index (χ2v) is 10.4. The zero-order valence-corrected chi connectivity index (χ0v) is 20.4. The number of methoxy groups -OCH3 is 1. The maximum Gasteiger partial charge on any atom is 0.257 e. The Labute approximate surface area is 203 Å². The second-order valence-electron chi connectivity index (χ2n) is 9.38. The molecule has 1 saturated carbocycles. The van der Waals surface area contributed by atoms with Gasteiger partial charge >= 0.3 is 0 Å². The van der Waals surface area contributed by atoms with E-state index in [-0.39, 0.29) is 23.0 Å². The minimum absolute atomic E-state index is 0.0298. The van der Waals surface area contributed by atoms with Gasteiger partial charge in [0.1, 0.15) is 0 Å². The fourth-order valence-electron chi connectivity index (χ4n) is 5.57. The summed E-state index contributed by atoms with van der Waals surface area (Å²) < 4.78 is 19.5. The molecule has 34 heavy (non-hydrogen) atoms. The SMILES string of the molecule is COc1nc(N2C[C@H]3CSC(NC(=O)c4ccccc4)=N[C@@]3(C3CCCCC3)C2)nc(C)c1F. The van der Waals surface area contributed by atoms with E-state index in [1.807, 2.05) is 30.3 Å². The van der Waals surface area contributed by atoms with Gasteiger partial charge in [0.05, 0.1) is 18.3 Å². The number of aliphatic imine (C=N–C) groups is 1. The van der Waals surface area contributed by atoms with Gasteiger partial charge in [-0.25, -0.2) is 4.98 Å². The average molecular weight is 484 g/mol. The van der Waals surface area contributed by atoms with E-state index in [1.165, 1.54) is 26.4 Å². The summed E-state index contributed by atoms with van der Waals surface area (Å²) in [6.07, 6.45) is 5.92. The Morgan fingerprint density at radius 3 is 2.68 bits per heavy atom. The lowest BCUT2D eigenvalue weighted by molar-refractivity contribution is 0.0976. The van der Waals surface area contributed by atoms with Crippen molar-refractivity contribution in [3.63, 3.8) is 0 Å². The number of carbonyl (C=O) groups is 1. The number of aryl methyl sites for hydroxylation is 1. The second kappa shape index (κ2) is 9.52. The molecule has 2 aliphatic heterocycles. The lowest BCUT2D eigenvalue weighted by Crippen LogP contribution is -2.50. The predicted molar refractivity (Wildman–Crippen MR) is 132 cm³/mol. The molecular weight excluding hydrogens is 453 g/mol. The van der Waals surface area contributed by atoms with E-state index in [2.05, 4.69) is 20.2 Å². The number of amidine groups is 1. The van der Waals surface area contributed by atoms with Crippen molar-refractivity contribution in [1.29, 1.82) is 0 Å². The summed E-state index contributed by atoms with van der Waals surface area (Å²) in [5, 5.41) is 3.74. The number of halogens is 1. The Kier molecular flexibility index (Phi) is 6.46. The number of ether oxygens (including phenoxy) is 1. The Morgan fingerprint density at radius 2 is 1.94 bits per heavy atom. The molecule has 9 heteroatoms. The summed E-state index contributed by atoms with van der Waals surface area (Å²) in [5.74, 6) is 1.39. The number of hydrogen-bond acceptors (Lipinski definition) is 7. The van der Waals surface area contributed by atoms with Crippen molar-refractivity contribution >= 4 is 28.8 Å². The Hall–Kier alpha value is -2.68. The van der Waals surface area contributed by atoms with E-state index in [1.54, 1.807) is 18.7 Å². The van der Waals surface area contributed by atoms with Crippen LogP contribution in [0.2, 0.25) is 0 Å². The zero-order chi connectivity index (χ0) is 23.7. The fraction of sp³-hybridized carbons (Fsp3) is 0.520. The quantitative estimate of drug-likeness (QED) is 0.702. The first-order valence-electron chi connectivity index (χ1n) is 11.9. The van der Waals surface area contributed by atoms with Gasteiger partial charge in [-0.3, -0.25) is 9.79 Å². The first-order valence-corrected chi connectivity index (χ1v) is 12.9. The molecule has 1 N–H and O–H groups in total. The van der Waals surface area contributed by atoms with Crippen LogP contribution in [0.15, 0.2) is 35.3 Å². The number of fused-ring (bicyclic) bond motifs is 1. The largest absolute Gasteiger partial charge is 0.479 e. The van der Waals surface area contributed by atoms with Crippen LogP contribution in [0, 0.1) is 24.6 Å². The van der Waals surface area contributed by atoms with Crippen LogP contribution in [0.3, 0.4) is 0 Å². The van der Waals surface area contributed by atoms with E-state index >= 15 is 0 Å². The topological polar surface area (TPSA) is 79.7 Å². The van der Waals surface area contributed by atoms with E-state index in [0.717, 1.165) is 25.1 Å². The molecule has 1 aliphatic carbocycles. The Morgan fingerprint density at radius 1 is 1.18 bits per heavy atom. The monoisotopic (exact) mass is 483 g/mol. The van der Waals surface area contributed by atoms with Gasteiger partial charge in [0.25, 0.3) is 11.8 Å². The number of amides is 1. The Balaban J connectivity index is 1.46. The third kappa shape index (κ3) is 4.26. The maximum atomic E-state index is 14.3. The first-order chi connectivity index (χ1) is 16.5. The van der Waals surface area contributed by atoms with Gasteiger partial charge < -0.3 is 15.0 Å². The molecule has 180 valence electrons. The van der Waals surface area contributed by atoms with Crippen LogP contribution in [-0.4, -0.2) is 52.5 Å². The van der Waals surface area contributed by atoms with Crippen LogP contribution < -0.4 is 15.0 Å². The summed E-state index contributed by atoms with van der Waals surface area (Å²) >= 11 is 1.60. The molecule has 7 nitrogen and oxygen atoms in total. The van der Waals surface area contributed by atoms with Crippen molar-refractivity contribution in [2.24, 2.45) is 16.8 Å². The molecule has 0 radical (unpaired) electrons. The number of thioether (sulfide) groups is 1. The summed E-state index contributed by atoms with van der Waals surface area (Å²) in [6, 6.07) is 9.23. The number of aromatic nitrogens is 2. The molecule has 3 heterocycles. The molecule has 2 aromatic rings. The van der Waals surface area contributed by atoms with E-state index in [0.29, 0.717) is 35.1 Å². The zero-order valence-electron chi connectivity index (χ0n) is 19.6. The van der Waals surface area contributed by atoms with Crippen LogP contribution >= 0.6 is 11.8 Å². The van der Waals surface area contributed by atoms with Crippen LogP contribution in [0.4, 0.5) is 10.3 Å². The van der Waals surface area contributed by atoms with Gasteiger partial charge in [-0.2, -0.15) is 9.37 Å². The van der Waals surface area contributed by atoms with Gasteiger partial charge in [-0.1, -0.05) is 49.2 Å². The number of carbonyl (C=O) groups excluding carboxylic acids is 1. The molecule has 1 saturated heterocycles. The summed E-state index contributed by atoms with van der Waals surface area (Å²) in [5.41, 5.74) is 0.580. The molecule has 0 unspecified atom stereocenters. The van der Waals surface area contributed by atoms with Crippen LogP contribution in [-0.2, 0) is 0 Å². The highest BCUT2D eigenvalue weighted by Gasteiger charge is 2.54. The lowest BCUT2D eigenvalue weighted by atomic mass is 9.70. The number of anilines is 1. The van der Waals surface area contributed by atoms with Gasteiger partial charge in [0.15, 0.2) is 5.17 Å². The first kappa shape index (κ1) is 23.1. The molecule has 5 rings (SSSR count). The molecule has 1 aromatic heterocycles. The Bertz CT molecular complexity index is 1090. The van der Waals surface area contributed by atoms with E-state index in [9.17, 15) is 9.18 Å². The maximum absolute atomic E-state index is 14.3. The van der Waals surface area contributed by atoms with Crippen molar-refractivity contribution in [3.8, 4) is 5.88 Å². The van der Waals surface area contributed by atoms with Crippen molar-refractivity contribution in [1.82, 2.24) is 15.3 Å². The van der Waals surface area contributed by atoms with Crippen molar-refractivity contribution < 1.29 is 13.9 Å². The third-order valence-electron chi connectivity index (χ3n) is 7.34. The number of nitrogens with one attached hydrogen (secondary N) is 1. The number of benzene rings is 1. The van der Waals surface area contributed by atoms with Crippen molar-refractivity contribution in [2.75, 3.05) is 30.9 Å². The molecule has 2 atom stereocenters. The number of nitrogens with zero attached hydrogens (tertiary/aromatic N) is 4. The molecule has 3 aliphatic rings. The van der Waals surface area contributed by atoms with Gasteiger partial charge in [0, 0.05) is 30.3 Å². The van der Waals surface area contributed by atoms with E-state index < -0.39 is 5.82 Å². The minimum Gasteiger partial charge on any atom is -0.479 e. The number of hydrogen-bond donors (Lipinski definition) is 1. The highest BCUT2D eigenvalue weighted by molar-refractivity contribution is 8.13. The lowest BCUT2D eigenvalue weighted by Gasteiger charge is -2.43. The molecule has 1 aromatic carbocycles.